The van der Waals surface area contributed by atoms with E-state index < -0.39 is 5.97 Å². The van der Waals surface area contributed by atoms with Gasteiger partial charge in [0.15, 0.2) is 5.65 Å². The molecular weight excluding hydrogens is 218 g/mol. The molecule has 1 aliphatic rings. The lowest BCUT2D eigenvalue weighted by Crippen LogP contribution is -2.13. The van der Waals surface area contributed by atoms with Gasteiger partial charge in [-0.3, -0.25) is 5.73 Å². The summed E-state index contributed by atoms with van der Waals surface area (Å²) in [5.74, 6) is 0.164. The van der Waals surface area contributed by atoms with E-state index in [9.17, 15) is 4.79 Å². The van der Waals surface area contributed by atoms with Crippen molar-refractivity contribution in [1.82, 2.24) is 9.38 Å². The second kappa shape index (κ2) is 3.85. The van der Waals surface area contributed by atoms with Crippen LogP contribution in [0.1, 0.15) is 34.7 Å². The summed E-state index contributed by atoms with van der Waals surface area (Å²) in [5, 5.41) is 0. The lowest BCUT2D eigenvalue weighted by atomic mass is 10.1. The van der Waals surface area contributed by atoms with Crippen molar-refractivity contribution in [1.29, 1.82) is 0 Å². The minimum atomic E-state index is -0.411. The molecule has 2 aromatic rings. The first-order valence-corrected chi connectivity index (χ1v) is 5.63. The Morgan fingerprint density at radius 1 is 1.59 bits per heavy atom. The van der Waals surface area contributed by atoms with Crippen LogP contribution >= 0.6 is 0 Å². The average molecular weight is 231 g/mol. The SMILES string of the molecule is NCOC(=O)c1cc(C2CC2)cn2ccnc12. The molecule has 1 saturated carbocycles. The van der Waals surface area contributed by atoms with E-state index in [0.717, 1.165) is 0 Å². The summed E-state index contributed by atoms with van der Waals surface area (Å²) >= 11 is 0. The molecule has 0 unspecified atom stereocenters. The van der Waals surface area contributed by atoms with Gasteiger partial charge in [-0.1, -0.05) is 0 Å². The number of fused-ring (bicyclic) bond motifs is 1. The van der Waals surface area contributed by atoms with Gasteiger partial charge in [0.2, 0.25) is 0 Å². The number of pyridine rings is 1. The monoisotopic (exact) mass is 231 g/mol. The van der Waals surface area contributed by atoms with E-state index in [1.54, 1.807) is 6.20 Å². The van der Waals surface area contributed by atoms with Crippen molar-refractivity contribution < 1.29 is 9.53 Å². The van der Waals surface area contributed by atoms with Gasteiger partial charge in [-0.15, -0.1) is 0 Å². The first-order valence-electron chi connectivity index (χ1n) is 5.63. The van der Waals surface area contributed by atoms with E-state index in [1.807, 2.05) is 22.9 Å². The molecule has 5 heteroatoms. The smallest absolute Gasteiger partial charge is 0.343 e. The number of nitrogens with two attached hydrogens (primary N) is 1. The number of esters is 1. The number of carbonyl (C=O) groups is 1. The summed E-state index contributed by atoms with van der Waals surface area (Å²) in [6.07, 6.45) is 7.90. The highest BCUT2D eigenvalue weighted by Gasteiger charge is 2.26. The number of hydrogen-bond donors (Lipinski definition) is 1. The molecule has 5 nitrogen and oxygen atoms in total. The van der Waals surface area contributed by atoms with Crippen LogP contribution < -0.4 is 5.73 Å². The highest BCUT2D eigenvalue weighted by Crippen LogP contribution is 2.40. The molecule has 0 bridgehead atoms. The van der Waals surface area contributed by atoms with Crippen LogP contribution in [0.3, 0.4) is 0 Å². The molecule has 1 fully saturated rings. The minimum absolute atomic E-state index is 0.112. The van der Waals surface area contributed by atoms with Gasteiger partial charge in [-0.05, 0) is 30.4 Å². The van der Waals surface area contributed by atoms with Crippen LogP contribution in [-0.2, 0) is 4.74 Å². The van der Waals surface area contributed by atoms with Crippen molar-refractivity contribution in [3.63, 3.8) is 0 Å². The topological polar surface area (TPSA) is 69.6 Å². The normalized spacial score (nSPS) is 15.1. The van der Waals surface area contributed by atoms with Crippen LogP contribution in [0.25, 0.3) is 5.65 Å². The number of carbonyl (C=O) groups excluding carboxylic acids is 1. The van der Waals surface area contributed by atoms with Gasteiger partial charge in [0.1, 0.15) is 12.3 Å². The third-order valence-electron chi connectivity index (χ3n) is 2.99. The molecule has 2 aromatic heterocycles. The number of nitrogens with zero attached hydrogens (tertiary/aromatic N) is 2. The molecule has 3 rings (SSSR count). The fraction of sp³-hybridized carbons (Fsp3) is 0.333. The minimum Gasteiger partial charge on any atom is -0.446 e. The van der Waals surface area contributed by atoms with Crippen molar-refractivity contribution in [2.24, 2.45) is 5.73 Å². The van der Waals surface area contributed by atoms with E-state index in [-0.39, 0.29) is 6.73 Å². The summed E-state index contributed by atoms with van der Waals surface area (Å²) in [6.45, 7) is -0.112. The number of aromatic nitrogens is 2. The molecule has 0 spiro atoms. The Hall–Kier alpha value is -1.88. The Balaban J connectivity index is 2.12. The van der Waals surface area contributed by atoms with Crippen LogP contribution in [0.4, 0.5) is 0 Å². The third-order valence-corrected chi connectivity index (χ3v) is 2.99. The van der Waals surface area contributed by atoms with Gasteiger partial charge < -0.3 is 9.14 Å². The molecule has 0 saturated heterocycles. The zero-order valence-corrected chi connectivity index (χ0v) is 9.30. The predicted octanol–water partition coefficient (Wildman–Crippen LogP) is 1.28. The van der Waals surface area contributed by atoms with Crippen molar-refractivity contribution in [2.45, 2.75) is 18.8 Å². The van der Waals surface area contributed by atoms with Gasteiger partial charge in [0, 0.05) is 18.6 Å². The first-order chi connectivity index (χ1) is 8.29. The fourth-order valence-electron chi connectivity index (χ4n) is 2.00. The number of imidazole rings is 1. The lowest BCUT2D eigenvalue weighted by molar-refractivity contribution is 0.0517. The van der Waals surface area contributed by atoms with E-state index in [1.165, 1.54) is 18.4 Å². The molecule has 2 N–H and O–H groups in total. The fourth-order valence-corrected chi connectivity index (χ4v) is 2.00. The zero-order chi connectivity index (χ0) is 11.8. The van der Waals surface area contributed by atoms with E-state index >= 15 is 0 Å². The maximum atomic E-state index is 11.8. The number of ether oxygens (including phenoxy) is 1. The Kier molecular flexibility index (Phi) is 2.33. The van der Waals surface area contributed by atoms with Gasteiger partial charge in [-0.25, -0.2) is 9.78 Å². The Labute approximate surface area is 98.2 Å². The van der Waals surface area contributed by atoms with E-state index in [0.29, 0.717) is 17.1 Å². The van der Waals surface area contributed by atoms with Gasteiger partial charge in [0.25, 0.3) is 0 Å². The summed E-state index contributed by atoms with van der Waals surface area (Å²) in [6, 6.07) is 1.87. The van der Waals surface area contributed by atoms with Crippen molar-refractivity contribution in [2.75, 3.05) is 6.73 Å². The molecular formula is C12H13N3O2. The Bertz CT molecular complexity index is 572. The van der Waals surface area contributed by atoms with Crippen molar-refractivity contribution >= 4 is 11.6 Å². The van der Waals surface area contributed by atoms with Gasteiger partial charge >= 0.3 is 5.97 Å². The summed E-state index contributed by atoms with van der Waals surface area (Å²) in [5.41, 5.74) is 7.50. The standard InChI is InChI=1S/C12H13N3O2/c13-7-17-12(16)10-5-9(8-1-2-8)6-15-4-3-14-11(10)15/h3-6,8H,1-2,7,13H2. The molecule has 0 aromatic carbocycles. The van der Waals surface area contributed by atoms with Crippen LogP contribution in [0, 0.1) is 0 Å². The molecule has 0 aliphatic heterocycles. The Morgan fingerprint density at radius 3 is 3.12 bits per heavy atom. The van der Waals surface area contributed by atoms with Crippen molar-refractivity contribution in [3.05, 3.63) is 35.8 Å². The molecule has 1 aliphatic carbocycles. The largest absolute Gasteiger partial charge is 0.446 e. The highest BCUT2D eigenvalue weighted by atomic mass is 16.5. The predicted molar refractivity (Wildman–Crippen MR) is 61.6 cm³/mol. The molecule has 0 atom stereocenters. The van der Waals surface area contributed by atoms with Crippen LogP contribution in [0.5, 0.6) is 0 Å². The zero-order valence-electron chi connectivity index (χ0n) is 9.30. The summed E-state index contributed by atoms with van der Waals surface area (Å²) in [4.78, 5) is 16.0. The maximum Gasteiger partial charge on any atom is 0.343 e. The molecule has 88 valence electrons. The maximum absolute atomic E-state index is 11.8. The lowest BCUT2D eigenvalue weighted by Gasteiger charge is -2.06. The second-order valence-corrected chi connectivity index (χ2v) is 4.22. The molecule has 2 heterocycles. The Morgan fingerprint density at radius 2 is 2.41 bits per heavy atom. The summed E-state index contributed by atoms with van der Waals surface area (Å²) < 4.78 is 6.71. The average Bonchev–Trinajstić information content (AvgIpc) is 3.06. The van der Waals surface area contributed by atoms with Gasteiger partial charge in [-0.2, -0.15) is 0 Å². The van der Waals surface area contributed by atoms with E-state index in [2.05, 4.69) is 4.98 Å². The van der Waals surface area contributed by atoms with Crippen LogP contribution in [-0.4, -0.2) is 22.1 Å². The number of rotatable bonds is 3. The highest BCUT2D eigenvalue weighted by molar-refractivity contribution is 5.96. The molecule has 0 amide bonds. The second-order valence-electron chi connectivity index (χ2n) is 4.22. The number of hydrogen-bond acceptors (Lipinski definition) is 4. The van der Waals surface area contributed by atoms with Crippen LogP contribution in [0.15, 0.2) is 24.7 Å². The third kappa shape index (κ3) is 1.78. The molecule has 17 heavy (non-hydrogen) atoms. The van der Waals surface area contributed by atoms with Gasteiger partial charge in [0.05, 0.1) is 0 Å². The van der Waals surface area contributed by atoms with E-state index in [4.69, 9.17) is 10.5 Å². The molecule has 0 radical (unpaired) electrons. The summed E-state index contributed by atoms with van der Waals surface area (Å²) in [7, 11) is 0. The first kappa shape index (κ1) is 10.3. The quantitative estimate of drug-likeness (QED) is 0.638. The van der Waals surface area contributed by atoms with Crippen molar-refractivity contribution in [3.8, 4) is 0 Å². The van der Waals surface area contributed by atoms with Crippen LogP contribution in [0.2, 0.25) is 0 Å².